The van der Waals surface area contributed by atoms with Crippen molar-refractivity contribution in [2.75, 3.05) is 0 Å². The fourth-order valence-electron chi connectivity index (χ4n) is 1.80. The van der Waals surface area contributed by atoms with E-state index in [9.17, 15) is 13.2 Å². The number of hydrogen-bond acceptors (Lipinski definition) is 6. The molecule has 2 aromatic rings. The Morgan fingerprint density at radius 1 is 1.38 bits per heavy atom. The van der Waals surface area contributed by atoms with Crippen LogP contribution in [-0.2, 0) is 22.0 Å². The topological polar surface area (TPSA) is 110 Å². The van der Waals surface area contributed by atoms with Gasteiger partial charge < -0.3 is 9.63 Å². The van der Waals surface area contributed by atoms with E-state index in [0.29, 0.717) is 17.8 Å². The van der Waals surface area contributed by atoms with Crippen LogP contribution in [0.15, 0.2) is 27.6 Å². The lowest BCUT2D eigenvalue weighted by atomic mass is 10.1. The summed E-state index contributed by atoms with van der Waals surface area (Å²) in [5.41, 5.74) is 0.384. The van der Waals surface area contributed by atoms with E-state index in [1.807, 2.05) is 6.92 Å². The average molecular weight is 310 g/mol. The second-order valence-electron chi connectivity index (χ2n) is 4.50. The molecule has 1 aromatic carbocycles. The maximum atomic E-state index is 12.4. The van der Waals surface area contributed by atoms with Crippen molar-refractivity contribution in [2.24, 2.45) is 0 Å². The molecule has 0 spiro atoms. The number of carboxylic acid groups (broad SMARTS) is 1. The van der Waals surface area contributed by atoms with Crippen molar-refractivity contribution in [3.05, 3.63) is 41.0 Å². The summed E-state index contributed by atoms with van der Waals surface area (Å²) in [6.45, 7) is 3.42. The van der Waals surface area contributed by atoms with Gasteiger partial charge in [-0.2, -0.15) is 4.98 Å². The lowest BCUT2D eigenvalue weighted by Crippen LogP contribution is -2.09. The predicted octanol–water partition coefficient (Wildman–Crippen LogP) is 1.61. The smallest absolute Gasteiger partial charge is 0.335 e. The number of hydrogen-bond donors (Lipinski definition) is 1. The molecular formula is C13H14N2O5S. The molecule has 2 rings (SSSR count). The summed E-state index contributed by atoms with van der Waals surface area (Å²) in [5, 5.41) is 12.6. The Bertz CT molecular complexity index is 780. The van der Waals surface area contributed by atoms with Crippen molar-refractivity contribution in [1.82, 2.24) is 10.1 Å². The molecule has 7 nitrogen and oxygen atoms in total. The van der Waals surface area contributed by atoms with Crippen LogP contribution in [0.3, 0.4) is 0 Å². The van der Waals surface area contributed by atoms with Gasteiger partial charge in [-0.25, -0.2) is 13.2 Å². The van der Waals surface area contributed by atoms with E-state index in [2.05, 4.69) is 10.1 Å². The van der Waals surface area contributed by atoms with E-state index in [-0.39, 0.29) is 16.3 Å². The summed E-state index contributed by atoms with van der Waals surface area (Å²) in [4.78, 5) is 14.9. The summed E-state index contributed by atoms with van der Waals surface area (Å²) in [6.07, 6.45) is 0.539. The number of sulfone groups is 1. The molecule has 1 heterocycles. The summed E-state index contributed by atoms with van der Waals surface area (Å²) in [5.74, 6) is -1.22. The molecule has 0 saturated carbocycles. The molecule has 0 aliphatic heterocycles. The molecule has 0 aliphatic carbocycles. The molecular weight excluding hydrogens is 296 g/mol. The summed E-state index contributed by atoms with van der Waals surface area (Å²) in [7, 11) is -3.75. The molecule has 0 amide bonds. The zero-order chi connectivity index (χ0) is 15.6. The first-order valence-electron chi connectivity index (χ1n) is 6.21. The highest BCUT2D eigenvalue weighted by Gasteiger charge is 2.22. The van der Waals surface area contributed by atoms with Crippen LogP contribution in [0.1, 0.15) is 34.6 Å². The number of carbonyl (C=O) groups is 1. The molecule has 0 unspecified atom stereocenters. The number of aryl methyl sites for hydroxylation is 2. The number of aromatic carboxylic acids is 1. The van der Waals surface area contributed by atoms with Crippen LogP contribution < -0.4 is 0 Å². The second kappa shape index (κ2) is 5.65. The van der Waals surface area contributed by atoms with Gasteiger partial charge >= 0.3 is 5.97 Å². The lowest BCUT2D eigenvalue weighted by molar-refractivity contribution is 0.0696. The molecule has 1 N–H and O–H groups in total. The van der Waals surface area contributed by atoms with Gasteiger partial charge in [0.1, 0.15) is 5.75 Å². The van der Waals surface area contributed by atoms with Crippen molar-refractivity contribution < 1.29 is 22.8 Å². The maximum absolute atomic E-state index is 12.4. The van der Waals surface area contributed by atoms with Gasteiger partial charge in [-0.3, -0.25) is 0 Å². The molecule has 1 aromatic heterocycles. The Hall–Kier alpha value is -2.22. The largest absolute Gasteiger partial charge is 0.478 e. The number of nitrogens with zero attached hydrogens (tertiary/aromatic N) is 2. The summed E-state index contributed by atoms with van der Waals surface area (Å²) in [6, 6.07) is 3.96. The van der Waals surface area contributed by atoms with Crippen molar-refractivity contribution in [3.8, 4) is 0 Å². The fraction of sp³-hybridized carbons (Fsp3) is 0.308. The monoisotopic (exact) mass is 310 g/mol. The number of carboxylic acids is 1. The molecule has 0 aliphatic rings. The molecule has 0 fully saturated rings. The SMILES string of the molecule is CCc1noc(CS(=O)(=O)c2cc(C(=O)O)ccc2C)n1. The highest BCUT2D eigenvalue weighted by Crippen LogP contribution is 2.21. The van der Waals surface area contributed by atoms with Crippen LogP contribution in [0.4, 0.5) is 0 Å². The molecule has 112 valence electrons. The van der Waals surface area contributed by atoms with E-state index >= 15 is 0 Å². The summed E-state index contributed by atoms with van der Waals surface area (Å²) < 4.78 is 29.6. The van der Waals surface area contributed by atoms with Crippen LogP contribution in [0.2, 0.25) is 0 Å². The minimum absolute atomic E-state index is 0.00743. The van der Waals surface area contributed by atoms with E-state index in [4.69, 9.17) is 9.63 Å². The van der Waals surface area contributed by atoms with Gasteiger partial charge in [0, 0.05) is 6.42 Å². The normalized spacial score (nSPS) is 11.5. The number of aromatic nitrogens is 2. The Morgan fingerprint density at radius 2 is 2.10 bits per heavy atom. The lowest BCUT2D eigenvalue weighted by Gasteiger charge is -2.06. The van der Waals surface area contributed by atoms with E-state index < -0.39 is 21.6 Å². The molecule has 21 heavy (non-hydrogen) atoms. The third-order valence-electron chi connectivity index (χ3n) is 2.91. The highest BCUT2D eigenvalue weighted by atomic mass is 32.2. The van der Waals surface area contributed by atoms with Crippen LogP contribution in [0, 0.1) is 6.92 Å². The standard InChI is InChI=1S/C13H14N2O5S/c1-3-11-14-12(20-15-11)7-21(18,19)10-6-9(13(16)17)5-4-8(10)2/h4-6H,3,7H2,1-2H3,(H,16,17). The number of rotatable bonds is 5. The van der Waals surface area contributed by atoms with Gasteiger partial charge in [-0.05, 0) is 24.6 Å². The highest BCUT2D eigenvalue weighted by molar-refractivity contribution is 7.90. The van der Waals surface area contributed by atoms with Crippen molar-refractivity contribution in [1.29, 1.82) is 0 Å². The maximum Gasteiger partial charge on any atom is 0.335 e. The third kappa shape index (κ3) is 3.27. The first-order chi connectivity index (χ1) is 9.83. The van der Waals surface area contributed by atoms with Crippen LogP contribution in [-0.4, -0.2) is 29.6 Å². The average Bonchev–Trinajstić information content (AvgIpc) is 2.85. The van der Waals surface area contributed by atoms with Crippen LogP contribution in [0.5, 0.6) is 0 Å². The Balaban J connectivity index is 2.39. The zero-order valence-corrected chi connectivity index (χ0v) is 12.3. The minimum Gasteiger partial charge on any atom is -0.478 e. The van der Waals surface area contributed by atoms with Crippen LogP contribution in [0.25, 0.3) is 0 Å². The van der Waals surface area contributed by atoms with E-state index in [1.165, 1.54) is 12.1 Å². The van der Waals surface area contributed by atoms with Gasteiger partial charge in [0.15, 0.2) is 15.7 Å². The zero-order valence-electron chi connectivity index (χ0n) is 11.5. The molecule has 8 heteroatoms. The first kappa shape index (κ1) is 15.2. The third-order valence-corrected chi connectivity index (χ3v) is 4.65. The minimum atomic E-state index is -3.75. The van der Waals surface area contributed by atoms with Crippen molar-refractivity contribution in [2.45, 2.75) is 30.9 Å². The van der Waals surface area contributed by atoms with Gasteiger partial charge in [0.05, 0.1) is 10.5 Å². The first-order valence-corrected chi connectivity index (χ1v) is 7.87. The van der Waals surface area contributed by atoms with Crippen molar-refractivity contribution in [3.63, 3.8) is 0 Å². The Morgan fingerprint density at radius 3 is 2.67 bits per heavy atom. The van der Waals surface area contributed by atoms with Gasteiger partial charge in [-0.1, -0.05) is 18.1 Å². The van der Waals surface area contributed by atoms with Crippen LogP contribution >= 0.6 is 0 Å². The Kier molecular flexibility index (Phi) is 4.08. The quantitative estimate of drug-likeness (QED) is 0.893. The molecule has 0 radical (unpaired) electrons. The van der Waals surface area contributed by atoms with E-state index in [1.54, 1.807) is 6.92 Å². The van der Waals surface area contributed by atoms with Gasteiger partial charge in [0.2, 0.25) is 5.89 Å². The Labute approximate surface area is 121 Å². The summed E-state index contributed by atoms with van der Waals surface area (Å²) >= 11 is 0. The molecule has 0 atom stereocenters. The predicted molar refractivity (Wildman–Crippen MR) is 72.7 cm³/mol. The second-order valence-corrected chi connectivity index (χ2v) is 6.46. The van der Waals surface area contributed by atoms with Gasteiger partial charge in [-0.15, -0.1) is 0 Å². The van der Waals surface area contributed by atoms with Gasteiger partial charge in [0.25, 0.3) is 0 Å². The van der Waals surface area contributed by atoms with E-state index in [0.717, 1.165) is 6.07 Å². The van der Waals surface area contributed by atoms with Crippen molar-refractivity contribution >= 4 is 15.8 Å². The molecule has 0 bridgehead atoms. The number of benzene rings is 1. The molecule has 0 saturated heterocycles. The fourth-order valence-corrected chi connectivity index (χ4v) is 3.26.